The minimum atomic E-state index is 0.776. The first-order chi connectivity index (χ1) is 7.90. The van der Waals surface area contributed by atoms with Gasteiger partial charge in [0.25, 0.3) is 0 Å². The fourth-order valence-electron chi connectivity index (χ4n) is 3.05. The maximum atomic E-state index is 5.63. The van der Waals surface area contributed by atoms with Crippen molar-refractivity contribution < 1.29 is 4.74 Å². The van der Waals surface area contributed by atoms with Crippen molar-refractivity contribution in [3.05, 3.63) is 0 Å². The Kier molecular flexibility index (Phi) is 5.07. The zero-order valence-corrected chi connectivity index (χ0v) is 10.4. The molecule has 1 aliphatic heterocycles. The molecule has 3 heteroatoms. The van der Waals surface area contributed by atoms with Crippen molar-refractivity contribution in [2.45, 2.75) is 44.6 Å². The SMILES string of the molecule is NCCCN(CC1CCOC1)C1CCCC1. The van der Waals surface area contributed by atoms with E-state index in [4.69, 9.17) is 10.5 Å². The lowest BCUT2D eigenvalue weighted by molar-refractivity contribution is 0.142. The monoisotopic (exact) mass is 226 g/mol. The lowest BCUT2D eigenvalue weighted by Crippen LogP contribution is -2.38. The summed E-state index contributed by atoms with van der Waals surface area (Å²) in [6.45, 7) is 5.21. The molecule has 1 unspecified atom stereocenters. The van der Waals surface area contributed by atoms with Gasteiger partial charge in [0, 0.05) is 19.2 Å². The van der Waals surface area contributed by atoms with Gasteiger partial charge < -0.3 is 10.5 Å². The second-order valence-electron chi connectivity index (χ2n) is 5.31. The first kappa shape index (κ1) is 12.3. The first-order valence-electron chi connectivity index (χ1n) is 6.92. The van der Waals surface area contributed by atoms with Gasteiger partial charge in [0.15, 0.2) is 0 Å². The largest absolute Gasteiger partial charge is 0.381 e. The van der Waals surface area contributed by atoms with Crippen molar-refractivity contribution >= 4 is 0 Å². The Balaban J connectivity index is 1.80. The Hall–Kier alpha value is -0.120. The van der Waals surface area contributed by atoms with E-state index in [0.717, 1.165) is 38.1 Å². The molecule has 2 aliphatic rings. The van der Waals surface area contributed by atoms with Crippen molar-refractivity contribution in [2.75, 3.05) is 32.8 Å². The zero-order valence-electron chi connectivity index (χ0n) is 10.4. The molecule has 16 heavy (non-hydrogen) atoms. The predicted octanol–water partition coefficient (Wildman–Crippen LogP) is 1.62. The van der Waals surface area contributed by atoms with E-state index in [-0.39, 0.29) is 0 Å². The van der Waals surface area contributed by atoms with Crippen LogP contribution in [0.2, 0.25) is 0 Å². The predicted molar refractivity (Wildman–Crippen MR) is 66.4 cm³/mol. The maximum absolute atomic E-state index is 5.63. The molecule has 0 amide bonds. The molecule has 2 N–H and O–H groups in total. The van der Waals surface area contributed by atoms with Crippen LogP contribution >= 0.6 is 0 Å². The molecule has 0 radical (unpaired) electrons. The molecule has 1 atom stereocenters. The van der Waals surface area contributed by atoms with Crippen LogP contribution in [0.4, 0.5) is 0 Å². The average Bonchev–Trinajstić information content (AvgIpc) is 2.96. The highest BCUT2D eigenvalue weighted by Crippen LogP contribution is 2.25. The van der Waals surface area contributed by atoms with Gasteiger partial charge in [-0.2, -0.15) is 0 Å². The van der Waals surface area contributed by atoms with Gasteiger partial charge >= 0.3 is 0 Å². The molecule has 0 aromatic rings. The molecule has 1 saturated heterocycles. The van der Waals surface area contributed by atoms with Crippen LogP contribution in [0.15, 0.2) is 0 Å². The second-order valence-corrected chi connectivity index (χ2v) is 5.31. The van der Waals surface area contributed by atoms with Crippen LogP contribution < -0.4 is 5.73 Å². The average molecular weight is 226 g/mol. The van der Waals surface area contributed by atoms with Crippen molar-refractivity contribution in [2.24, 2.45) is 11.7 Å². The summed E-state index contributed by atoms with van der Waals surface area (Å²) >= 11 is 0. The van der Waals surface area contributed by atoms with Crippen molar-refractivity contribution in [1.82, 2.24) is 4.90 Å². The highest BCUT2D eigenvalue weighted by atomic mass is 16.5. The van der Waals surface area contributed by atoms with Gasteiger partial charge in [0.2, 0.25) is 0 Å². The molecule has 2 fully saturated rings. The topological polar surface area (TPSA) is 38.5 Å². The Morgan fingerprint density at radius 3 is 2.62 bits per heavy atom. The van der Waals surface area contributed by atoms with Crippen molar-refractivity contribution in [3.8, 4) is 0 Å². The Bertz CT molecular complexity index is 186. The van der Waals surface area contributed by atoms with Crippen LogP contribution in [0.1, 0.15) is 38.5 Å². The van der Waals surface area contributed by atoms with E-state index in [1.807, 2.05) is 0 Å². The van der Waals surface area contributed by atoms with E-state index in [9.17, 15) is 0 Å². The fourth-order valence-corrected chi connectivity index (χ4v) is 3.05. The van der Waals surface area contributed by atoms with E-state index < -0.39 is 0 Å². The van der Waals surface area contributed by atoms with Gasteiger partial charge in [0.05, 0.1) is 6.61 Å². The standard InChI is InChI=1S/C13H26N2O/c14-7-3-8-15(13-4-1-2-5-13)10-12-6-9-16-11-12/h12-13H,1-11,14H2. The number of nitrogens with zero attached hydrogens (tertiary/aromatic N) is 1. The van der Waals surface area contributed by atoms with Gasteiger partial charge in [-0.1, -0.05) is 12.8 Å². The molecule has 1 heterocycles. The minimum absolute atomic E-state index is 0.776. The second kappa shape index (κ2) is 6.58. The van der Waals surface area contributed by atoms with Crippen LogP contribution in [-0.2, 0) is 4.74 Å². The van der Waals surface area contributed by atoms with E-state index in [2.05, 4.69) is 4.90 Å². The highest BCUT2D eigenvalue weighted by Gasteiger charge is 2.26. The lowest BCUT2D eigenvalue weighted by atomic mass is 10.1. The van der Waals surface area contributed by atoms with Crippen molar-refractivity contribution in [3.63, 3.8) is 0 Å². The van der Waals surface area contributed by atoms with Crippen LogP contribution in [0.25, 0.3) is 0 Å². The molecule has 1 saturated carbocycles. The first-order valence-corrected chi connectivity index (χ1v) is 6.92. The molecule has 0 aromatic carbocycles. The number of nitrogens with two attached hydrogens (primary N) is 1. The third kappa shape index (κ3) is 3.44. The summed E-state index contributed by atoms with van der Waals surface area (Å²) in [6, 6.07) is 0.840. The Morgan fingerprint density at radius 2 is 2.00 bits per heavy atom. The molecular weight excluding hydrogens is 200 g/mol. The summed E-state index contributed by atoms with van der Waals surface area (Å²) in [7, 11) is 0. The van der Waals surface area contributed by atoms with E-state index >= 15 is 0 Å². The molecule has 0 spiro atoms. The maximum Gasteiger partial charge on any atom is 0.0507 e. The number of rotatable bonds is 6. The Morgan fingerprint density at radius 1 is 1.19 bits per heavy atom. The van der Waals surface area contributed by atoms with Gasteiger partial charge in [-0.25, -0.2) is 0 Å². The summed E-state index contributed by atoms with van der Waals surface area (Å²) in [6.07, 6.45) is 8.04. The third-order valence-corrected chi connectivity index (χ3v) is 4.01. The zero-order chi connectivity index (χ0) is 11.2. The molecule has 0 bridgehead atoms. The summed E-state index contributed by atoms with van der Waals surface area (Å²) in [4.78, 5) is 2.69. The highest BCUT2D eigenvalue weighted by molar-refractivity contribution is 4.80. The normalized spacial score (nSPS) is 27.0. The molecule has 0 aromatic heterocycles. The molecule has 94 valence electrons. The van der Waals surface area contributed by atoms with Crippen LogP contribution in [0, 0.1) is 5.92 Å². The summed E-state index contributed by atoms with van der Waals surface area (Å²) < 4.78 is 5.47. The van der Waals surface area contributed by atoms with E-state index in [1.165, 1.54) is 45.2 Å². The summed E-state index contributed by atoms with van der Waals surface area (Å²) in [5.74, 6) is 0.776. The summed E-state index contributed by atoms with van der Waals surface area (Å²) in [5, 5.41) is 0. The number of ether oxygens (including phenoxy) is 1. The molecule has 3 nitrogen and oxygen atoms in total. The molecule has 2 rings (SSSR count). The summed E-state index contributed by atoms with van der Waals surface area (Å²) in [5.41, 5.74) is 5.63. The van der Waals surface area contributed by atoms with Crippen LogP contribution in [0.3, 0.4) is 0 Å². The van der Waals surface area contributed by atoms with Gasteiger partial charge in [-0.05, 0) is 44.7 Å². The lowest BCUT2D eigenvalue weighted by Gasteiger charge is -2.30. The van der Waals surface area contributed by atoms with E-state index in [0.29, 0.717) is 0 Å². The van der Waals surface area contributed by atoms with E-state index in [1.54, 1.807) is 0 Å². The quantitative estimate of drug-likeness (QED) is 0.748. The number of hydrogen-bond acceptors (Lipinski definition) is 3. The minimum Gasteiger partial charge on any atom is -0.381 e. The molecular formula is C13H26N2O. The number of hydrogen-bond donors (Lipinski definition) is 1. The van der Waals surface area contributed by atoms with Gasteiger partial charge in [-0.15, -0.1) is 0 Å². The smallest absolute Gasteiger partial charge is 0.0507 e. The van der Waals surface area contributed by atoms with Crippen LogP contribution in [-0.4, -0.2) is 43.8 Å². The third-order valence-electron chi connectivity index (χ3n) is 4.01. The fraction of sp³-hybridized carbons (Fsp3) is 1.00. The Labute approximate surface area is 99.3 Å². The van der Waals surface area contributed by atoms with Crippen LogP contribution in [0.5, 0.6) is 0 Å². The van der Waals surface area contributed by atoms with Gasteiger partial charge in [0.1, 0.15) is 0 Å². The van der Waals surface area contributed by atoms with Crippen molar-refractivity contribution in [1.29, 1.82) is 0 Å². The van der Waals surface area contributed by atoms with Gasteiger partial charge in [-0.3, -0.25) is 4.90 Å². The molecule has 1 aliphatic carbocycles.